The van der Waals surface area contributed by atoms with Gasteiger partial charge in [0.15, 0.2) is 0 Å². The van der Waals surface area contributed by atoms with Gasteiger partial charge < -0.3 is 9.73 Å². The van der Waals surface area contributed by atoms with Crippen molar-refractivity contribution in [3.05, 3.63) is 58.6 Å². The average molecular weight is 380 g/mol. The molecule has 0 bridgehead atoms. The van der Waals surface area contributed by atoms with Crippen molar-refractivity contribution in [3.63, 3.8) is 0 Å². The van der Waals surface area contributed by atoms with E-state index in [-0.39, 0.29) is 11.7 Å². The monoisotopic (exact) mass is 379 g/mol. The van der Waals surface area contributed by atoms with Gasteiger partial charge >= 0.3 is 0 Å². The Balaban J connectivity index is 1.58. The molecule has 0 unspecified atom stereocenters. The zero-order valence-corrected chi connectivity index (χ0v) is 14.5. The summed E-state index contributed by atoms with van der Waals surface area (Å²) in [5.74, 6) is 0.285. The van der Waals surface area contributed by atoms with Gasteiger partial charge in [-0.3, -0.25) is 4.79 Å². The van der Waals surface area contributed by atoms with Crippen LogP contribution in [0, 0.1) is 0 Å². The molecule has 3 rings (SSSR count). The number of halogens is 2. The Kier molecular flexibility index (Phi) is 5.40. The summed E-state index contributed by atoms with van der Waals surface area (Å²) in [6.07, 6.45) is 0. The molecule has 24 heavy (non-hydrogen) atoms. The number of rotatable bonds is 5. The molecule has 0 radical (unpaired) electrons. The summed E-state index contributed by atoms with van der Waals surface area (Å²) >= 11 is 13.0. The maximum absolute atomic E-state index is 11.9. The van der Waals surface area contributed by atoms with E-state index in [2.05, 4.69) is 15.5 Å². The highest BCUT2D eigenvalue weighted by Gasteiger charge is 2.13. The van der Waals surface area contributed by atoms with Gasteiger partial charge in [-0.1, -0.05) is 47.1 Å². The molecule has 0 atom stereocenters. The highest BCUT2D eigenvalue weighted by Crippen LogP contribution is 2.28. The minimum absolute atomic E-state index is 0.146. The second-order valence-electron chi connectivity index (χ2n) is 4.70. The number of nitrogens with one attached hydrogen (secondary N) is 1. The van der Waals surface area contributed by atoms with Crippen LogP contribution < -0.4 is 5.32 Å². The number of nitrogens with zero attached hydrogens (tertiary/aromatic N) is 2. The first-order valence-electron chi connectivity index (χ1n) is 6.88. The molecule has 3 aromatic rings. The van der Waals surface area contributed by atoms with Gasteiger partial charge in [0.1, 0.15) is 0 Å². The van der Waals surface area contributed by atoms with Gasteiger partial charge in [-0.25, -0.2) is 0 Å². The Hall–Kier alpha value is -2.02. The second-order valence-corrected chi connectivity index (χ2v) is 6.47. The zero-order chi connectivity index (χ0) is 16.9. The van der Waals surface area contributed by atoms with E-state index in [1.54, 1.807) is 36.4 Å². The Labute approximate surface area is 152 Å². The number of carbonyl (C=O) groups is 1. The zero-order valence-electron chi connectivity index (χ0n) is 12.2. The van der Waals surface area contributed by atoms with E-state index in [0.29, 0.717) is 32.4 Å². The van der Waals surface area contributed by atoms with Crippen molar-refractivity contribution in [1.82, 2.24) is 10.2 Å². The lowest BCUT2D eigenvalue weighted by Crippen LogP contribution is -2.13. The summed E-state index contributed by atoms with van der Waals surface area (Å²) in [5.41, 5.74) is 1.33. The van der Waals surface area contributed by atoms with Gasteiger partial charge in [-0.15, -0.1) is 10.2 Å². The number of amides is 1. The quantitative estimate of drug-likeness (QED) is 0.646. The summed E-state index contributed by atoms with van der Waals surface area (Å²) in [6, 6.07) is 14.1. The van der Waals surface area contributed by atoms with Crippen molar-refractivity contribution < 1.29 is 9.21 Å². The number of aromatic nitrogens is 2. The maximum atomic E-state index is 11.9. The van der Waals surface area contributed by atoms with Gasteiger partial charge in [0.2, 0.25) is 11.8 Å². The van der Waals surface area contributed by atoms with Crippen LogP contribution in [-0.4, -0.2) is 21.9 Å². The van der Waals surface area contributed by atoms with Crippen molar-refractivity contribution in [3.8, 4) is 11.5 Å². The molecule has 0 saturated carbocycles. The molecule has 2 aromatic carbocycles. The number of anilines is 1. The predicted octanol–water partition coefficient (Wildman–Crippen LogP) is 4.77. The summed E-state index contributed by atoms with van der Waals surface area (Å²) in [6.45, 7) is 0. The van der Waals surface area contributed by atoms with Crippen LogP contribution in [0.3, 0.4) is 0 Å². The van der Waals surface area contributed by atoms with Gasteiger partial charge in [-0.2, -0.15) is 0 Å². The number of thioether (sulfide) groups is 1. The van der Waals surface area contributed by atoms with Gasteiger partial charge in [0.25, 0.3) is 5.22 Å². The van der Waals surface area contributed by atoms with Crippen LogP contribution in [-0.2, 0) is 4.79 Å². The molecular formula is C16H11Cl2N3O2S. The lowest BCUT2D eigenvalue weighted by Gasteiger charge is -2.03. The SMILES string of the molecule is O=C(CSc1nnc(-c2ccccc2Cl)o1)Nc1ccc(Cl)cc1. The molecule has 0 fully saturated rings. The molecule has 0 aliphatic carbocycles. The number of hydrogen-bond acceptors (Lipinski definition) is 5. The first kappa shape index (κ1) is 16.8. The fraction of sp³-hybridized carbons (Fsp3) is 0.0625. The van der Waals surface area contributed by atoms with Crippen LogP contribution in [0.4, 0.5) is 5.69 Å². The summed E-state index contributed by atoms with van der Waals surface area (Å²) in [4.78, 5) is 11.9. The van der Waals surface area contributed by atoms with Crippen molar-refractivity contribution in [2.24, 2.45) is 0 Å². The summed E-state index contributed by atoms with van der Waals surface area (Å²) in [7, 11) is 0. The van der Waals surface area contributed by atoms with Gasteiger partial charge in [0, 0.05) is 10.7 Å². The van der Waals surface area contributed by atoms with Gasteiger partial charge in [-0.05, 0) is 36.4 Å². The Morgan fingerprint density at radius 2 is 1.83 bits per heavy atom. The lowest BCUT2D eigenvalue weighted by molar-refractivity contribution is -0.113. The maximum Gasteiger partial charge on any atom is 0.277 e. The van der Waals surface area contributed by atoms with E-state index in [9.17, 15) is 4.79 Å². The summed E-state index contributed by atoms with van der Waals surface area (Å²) in [5, 5.41) is 12.1. The number of carbonyl (C=O) groups excluding carboxylic acids is 1. The molecule has 0 aliphatic heterocycles. The second kappa shape index (κ2) is 7.70. The fourth-order valence-corrected chi connectivity index (χ4v) is 2.77. The van der Waals surface area contributed by atoms with E-state index >= 15 is 0 Å². The minimum Gasteiger partial charge on any atom is -0.411 e. The molecule has 122 valence electrons. The van der Waals surface area contributed by atoms with E-state index in [1.807, 2.05) is 12.1 Å². The Morgan fingerprint density at radius 3 is 2.58 bits per heavy atom. The normalized spacial score (nSPS) is 10.6. The molecule has 1 N–H and O–H groups in total. The fourth-order valence-electron chi connectivity index (χ4n) is 1.87. The topological polar surface area (TPSA) is 68.0 Å². The predicted molar refractivity (Wildman–Crippen MR) is 95.5 cm³/mol. The lowest BCUT2D eigenvalue weighted by atomic mass is 10.2. The van der Waals surface area contributed by atoms with Crippen LogP contribution in [0.2, 0.25) is 10.0 Å². The Bertz CT molecular complexity index is 853. The molecule has 0 saturated heterocycles. The standard InChI is InChI=1S/C16H11Cl2N3O2S/c17-10-5-7-11(8-6-10)19-14(22)9-24-16-21-20-15(23-16)12-3-1-2-4-13(12)18/h1-8H,9H2,(H,19,22). The van der Waals surface area contributed by atoms with Crippen LogP contribution in [0.5, 0.6) is 0 Å². The molecule has 0 spiro atoms. The number of hydrogen-bond donors (Lipinski definition) is 1. The minimum atomic E-state index is -0.181. The molecule has 0 aliphatic rings. The van der Waals surface area contributed by atoms with Crippen molar-refractivity contribution in [1.29, 1.82) is 0 Å². The van der Waals surface area contributed by atoms with E-state index in [0.717, 1.165) is 11.8 Å². The highest BCUT2D eigenvalue weighted by atomic mass is 35.5. The van der Waals surface area contributed by atoms with Crippen LogP contribution in [0.15, 0.2) is 58.2 Å². The first-order chi connectivity index (χ1) is 11.6. The van der Waals surface area contributed by atoms with Crippen LogP contribution >= 0.6 is 35.0 Å². The molecule has 1 amide bonds. The van der Waals surface area contributed by atoms with Crippen molar-refractivity contribution in [2.45, 2.75) is 5.22 Å². The summed E-state index contributed by atoms with van der Waals surface area (Å²) < 4.78 is 5.53. The van der Waals surface area contributed by atoms with Crippen molar-refractivity contribution >= 4 is 46.6 Å². The molecule has 1 aromatic heterocycles. The molecule has 1 heterocycles. The third-order valence-electron chi connectivity index (χ3n) is 2.97. The van der Waals surface area contributed by atoms with Crippen LogP contribution in [0.1, 0.15) is 0 Å². The Morgan fingerprint density at radius 1 is 1.08 bits per heavy atom. The molecule has 5 nitrogen and oxygen atoms in total. The van der Waals surface area contributed by atoms with E-state index in [4.69, 9.17) is 27.6 Å². The number of benzene rings is 2. The molecule has 8 heteroatoms. The third kappa shape index (κ3) is 4.29. The van der Waals surface area contributed by atoms with Gasteiger partial charge in [0.05, 0.1) is 16.3 Å². The smallest absolute Gasteiger partial charge is 0.277 e. The van der Waals surface area contributed by atoms with E-state index < -0.39 is 0 Å². The largest absolute Gasteiger partial charge is 0.411 e. The van der Waals surface area contributed by atoms with Crippen LogP contribution in [0.25, 0.3) is 11.5 Å². The third-order valence-corrected chi connectivity index (χ3v) is 4.37. The first-order valence-corrected chi connectivity index (χ1v) is 8.62. The molecular weight excluding hydrogens is 369 g/mol. The average Bonchev–Trinajstić information content (AvgIpc) is 3.04. The highest BCUT2D eigenvalue weighted by molar-refractivity contribution is 7.99. The van der Waals surface area contributed by atoms with E-state index in [1.165, 1.54) is 0 Å². The van der Waals surface area contributed by atoms with Crippen molar-refractivity contribution in [2.75, 3.05) is 11.1 Å².